The predicted octanol–water partition coefficient (Wildman–Crippen LogP) is 3.18. The van der Waals surface area contributed by atoms with Gasteiger partial charge in [0.15, 0.2) is 12.1 Å². The van der Waals surface area contributed by atoms with Gasteiger partial charge in [-0.1, -0.05) is 31.0 Å². The first-order chi connectivity index (χ1) is 12.9. The van der Waals surface area contributed by atoms with E-state index in [2.05, 4.69) is 17.6 Å². The smallest absolute Gasteiger partial charge is 0.319 e. The summed E-state index contributed by atoms with van der Waals surface area (Å²) < 4.78 is 23.8. The van der Waals surface area contributed by atoms with Gasteiger partial charge in [0.2, 0.25) is 0 Å². The molecular weight excluding hydrogens is 348 g/mol. The van der Waals surface area contributed by atoms with E-state index in [4.69, 9.17) is 18.9 Å². The molecule has 2 aliphatic rings. The maximum Gasteiger partial charge on any atom is 0.319 e. The second kappa shape index (κ2) is 8.56. The van der Waals surface area contributed by atoms with Gasteiger partial charge >= 0.3 is 6.03 Å². The van der Waals surface area contributed by atoms with E-state index < -0.39 is 12.1 Å². The highest BCUT2D eigenvalue weighted by Crippen LogP contribution is 2.38. The van der Waals surface area contributed by atoms with Crippen LogP contribution in [0.4, 0.5) is 10.5 Å². The van der Waals surface area contributed by atoms with Gasteiger partial charge in [0.25, 0.3) is 0 Å². The van der Waals surface area contributed by atoms with Gasteiger partial charge in [-0.15, -0.1) is 0 Å². The molecule has 0 aliphatic carbocycles. The quantitative estimate of drug-likeness (QED) is 0.713. The largest absolute Gasteiger partial charge is 0.373 e. The molecule has 2 fully saturated rings. The highest BCUT2D eigenvalue weighted by molar-refractivity contribution is 5.89. The van der Waals surface area contributed by atoms with Crippen LogP contribution in [0, 0.1) is 6.92 Å². The van der Waals surface area contributed by atoms with E-state index in [1.165, 1.54) is 0 Å². The van der Waals surface area contributed by atoms with Crippen molar-refractivity contribution in [1.29, 1.82) is 0 Å². The summed E-state index contributed by atoms with van der Waals surface area (Å²) in [6, 6.07) is 7.35. The average molecular weight is 378 g/mol. The van der Waals surface area contributed by atoms with Crippen LogP contribution in [0.2, 0.25) is 0 Å². The van der Waals surface area contributed by atoms with Crippen LogP contribution in [0.15, 0.2) is 24.3 Å². The number of urea groups is 1. The zero-order valence-corrected chi connectivity index (χ0v) is 16.5. The van der Waals surface area contributed by atoms with E-state index in [0.717, 1.165) is 24.1 Å². The molecule has 2 amide bonds. The number of nitrogens with one attached hydrogen (secondary N) is 2. The van der Waals surface area contributed by atoms with Crippen LogP contribution in [-0.4, -0.2) is 49.6 Å². The Labute approximate surface area is 160 Å². The summed E-state index contributed by atoms with van der Waals surface area (Å²) in [6.45, 7) is 8.78. The van der Waals surface area contributed by atoms with Gasteiger partial charge in [-0.2, -0.15) is 0 Å². The lowest BCUT2D eigenvalue weighted by atomic mass is 10.1. The lowest BCUT2D eigenvalue weighted by molar-refractivity contribution is -0.217. The topological polar surface area (TPSA) is 78.1 Å². The number of hydrogen-bond acceptors (Lipinski definition) is 5. The molecule has 150 valence electrons. The summed E-state index contributed by atoms with van der Waals surface area (Å²) in [5.41, 5.74) is 1.88. The molecule has 27 heavy (non-hydrogen) atoms. The fraction of sp³-hybridized carbons (Fsp3) is 0.650. The number of unbranched alkanes of at least 4 members (excludes halogenated alkanes) is 1. The van der Waals surface area contributed by atoms with Crippen molar-refractivity contribution in [2.45, 2.75) is 70.9 Å². The molecule has 0 bridgehead atoms. The molecule has 0 aromatic heterocycles. The Kier molecular flexibility index (Phi) is 6.37. The summed E-state index contributed by atoms with van der Waals surface area (Å²) in [5, 5.41) is 5.67. The molecule has 2 saturated heterocycles. The Morgan fingerprint density at radius 2 is 1.96 bits per heavy atom. The van der Waals surface area contributed by atoms with Crippen molar-refractivity contribution in [3.8, 4) is 0 Å². The lowest BCUT2D eigenvalue weighted by Gasteiger charge is -2.26. The van der Waals surface area contributed by atoms with E-state index in [9.17, 15) is 4.79 Å². The van der Waals surface area contributed by atoms with E-state index in [1.807, 2.05) is 45.0 Å². The molecule has 0 saturated carbocycles. The number of fused-ring (bicyclic) bond motifs is 1. The zero-order valence-electron chi connectivity index (χ0n) is 16.5. The average Bonchev–Trinajstić information content (AvgIpc) is 3.07. The summed E-state index contributed by atoms with van der Waals surface area (Å²) in [6.07, 6.45) is 0.653. The van der Waals surface area contributed by atoms with E-state index in [1.54, 1.807) is 0 Å². The van der Waals surface area contributed by atoms with Gasteiger partial charge in [-0.3, -0.25) is 0 Å². The van der Waals surface area contributed by atoms with Gasteiger partial charge in [0, 0.05) is 18.8 Å². The minimum absolute atomic E-state index is 0.275. The number of anilines is 1. The van der Waals surface area contributed by atoms with Gasteiger partial charge < -0.3 is 29.6 Å². The molecule has 7 nitrogen and oxygen atoms in total. The SMILES string of the molecule is CCCCO[C@H]1[C@H]2OC(C)(C)O[C@H]2O[C@H]1CNC(=O)Nc1ccc(C)cc1. The summed E-state index contributed by atoms with van der Waals surface area (Å²) in [7, 11) is 0. The summed E-state index contributed by atoms with van der Waals surface area (Å²) in [4.78, 5) is 12.2. The minimum Gasteiger partial charge on any atom is -0.373 e. The third-order valence-electron chi connectivity index (χ3n) is 4.67. The number of carbonyl (C=O) groups excluding carboxylic acids is 1. The van der Waals surface area contributed by atoms with Crippen LogP contribution >= 0.6 is 0 Å². The number of aryl methyl sites for hydroxylation is 1. The second-order valence-electron chi connectivity index (χ2n) is 7.53. The van der Waals surface area contributed by atoms with Gasteiger partial charge in [0.1, 0.15) is 18.3 Å². The fourth-order valence-electron chi connectivity index (χ4n) is 3.28. The van der Waals surface area contributed by atoms with Crippen LogP contribution in [-0.2, 0) is 18.9 Å². The maximum atomic E-state index is 12.2. The first kappa shape index (κ1) is 20.1. The second-order valence-corrected chi connectivity index (χ2v) is 7.53. The van der Waals surface area contributed by atoms with Crippen molar-refractivity contribution in [2.24, 2.45) is 0 Å². The van der Waals surface area contributed by atoms with Crippen molar-refractivity contribution in [3.05, 3.63) is 29.8 Å². The monoisotopic (exact) mass is 378 g/mol. The summed E-state index contributed by atoms with van der Waals surface area (Å²) in [5.74, 6) is -0.692. The number of benzene rings is 1. The van der Waals surface area contributed by atoms with E-state index in [0.29, 0.717) is 13.2 Å². The fourth-order valence-corrected chi connectivity index (χ4v) is 3.28. The number of amides is 2. The van der Waals surface area contributed by atoms with Crippen molar-refractivity contribution < 1.29 is 23.7 Å². The molecule has 0 unspecified atom stereocenters. The normalized spacial score (nSPS) is 28.7. The highest BCUT2D eigenvalue weighted by Gasteiger charge is 2.55. The first-order valence-electron chi connectivity index (χ1n) is 9.62. The van der Waals surface area contributed by atoms with Crippen LogP contribution in [0.1, 0.15) is 39.2 Å². The molecule has 7 heteroatoms. The standard InChI is InChI=1S/C20H30N2O5/c1-5-6-11-24-16-15(25-18-17(16)26-20(3,4)27-18)12-21-19(23)22-14-9-7-13(2)8-10-14/h7-10,15-18H,5-6,11-12H2,1-4H3,(H2,21,22,23)/t15-,16+,17+,18+/m0/s1. The van der Waals surface area contributed by atoms with Crippen molar-refractivity contribution >= 4 is 11.7 Å². The number of ether oxygens (including phenoxy) is 4. The lowest BCUT2D eigenvalue weighted by Crippen LogP contribution is -2.44. The molecule has 3 rings (SSSR count). The van der Waals surface area contributed by atoms with Crippen LogP contribution < -0.4 is 10.6 Å². The van der Waals surface area contributed by atoms with Crippen molar-refractivity contribution in [2.75, 3.05) is 18.5 Å². The molecule has 2 N–H and O–H groups in total. The Morgan fingerprint density at radius 1 is 1.22 bits per heavy atom. The minimum atomic E-state index is -0.692. The van der Waals surface area contributed by atoms with Crippen molar-refractivity contribution in [1.82, 2.24) is 5.32 Å². The molecule has 4 atom stereocenters. The molecule has 2 aliphatic heterocycles. The Hall–Kier alpha value is -1.67. The maximum absolute atomic E-state index is 12.2. The molecule has 2 heterocycles. The first-order valence-corrected chi connectivity index (χ1v) is 9.62. The Bertz CT molecular complexity index is 634. The Balaban J connectivity index is 1.54. The third kappa shape index (κ3) is 5.19. The van der Waals surface area contributed by atoms with Crippen molar-refractivity contribution in [3.63, 3.8) is 0 Å². The zero-order chi connectivity index (χ0) is 19.4. The van der Waals surface area contributed by atoms with Gasteiger partial charge in [-0.05, 0) is 39.3 Å². The van der Waals surface area contributed by atoms with Crippen LogP contribution in [0.3, 0.4) is 0 Å². The molecular formula is C20H30N2O5. The molecule has 1 aromatic carbocycles. The van der Waals surface area contributed by atoms with Crippen LogP contribution in [0.25, 0.3) is 0 Å². The summed E-state index contributed by atoms with van der Waals surface area (Å²) >= 11 is 0. The number of carbonyl (C=O) groups is 1. The molecule has 0 radical (unpaired) electrons. The number of rotatable bonds is 7. The van der Waals surface area contributed by atoms with Crippen LogP contribution in [0.5, 0.6) is 0 Å². The predicted molar refractivity (Wildman–Crippen MR) is 102 cm³/mol. The van der Waals surface area contributed by atoms with Gasteiger partial charge in [-0.25, -0.2) is 4.79 Å². The molecule has 1 aromatic rings. The van der Waals surface area contributed by atoms with E-state index >= 15 is 0 Å². The third-order valence-corrected chi connectivity index (χ3v) is 4.67. The Morgan fingerprint density at radius 3 is 2.67 bits per heavy atom. The van der Waals surface area contributed by atoms with Gasteiger partial charge in [0.05, 0.1) is 0 Å². The highest BCUT2D eigenvalue weighted by atomic mass is 16.8. The number of hydrogen-bond donors (Lipinski definition) is 2. The molecule has 0 spiro atoms. The van der Waals surface area contributed by atoms with E-state index in [-0.39, 0.29) is 24.3 Å².